The maximum Gasteiger partial charge on any atom is 0.327 e. The van der Waals surface area contributed by atoms with Crippen molar-refractivity contribution >= 4 is 30.5 Å². The molecule has 31 heavy (non-hydrogen) atoms. The highest BCUT2D eigenvalue weighted by atomic mass is 32.1. The minimum Gasteiger partial charge on any atom is -0.468 e. The molecule has 1 aromatic heterocycles. The summed E-state index contributed by atoms with van der Waals surface area (Å²) < 4.78 is 20.8. The minimum atomic E-state index is -0.588. The van der Waals surface area contributed by atoms with Crippen molar-refractivity contribution in [2.24, 2.45) is 5.92 Å². The first-order valence-corrected chi connectivity index (χ1v) is 11.0. The molecule has 2 heterocycles. The standard InChI is InChI=1S/C23H26FN3O3S/c1-30-21(28)14-27-11-8-17(25-27)12-16-13-26(10-9-20(16)31)22(23(29)15-6-7-15)18-4-2-3-5-19(18)24/h2-5,8,11-12,15,20,22,31H,6-7,9-10,13-14H2,1H3/b16-12+. The van der Waals surface area contributed by atoms with Gasteiger partial charge in [0, 0.05) is 36.0 Å². The van der Waals surface area contributed by atoms with E-state index in [4.69, 9.17) is 12.6 Å². The molecule has 164 valence electrons. The number of likely N-dealkylation sites (tertiary alicyclic amines) is 1. The number of nitrogens with zero attached hydrogens (tertiary/aromatic N) is 3. The smallest absolute Gasteiger partial charge is 0.327 e. The lowest BCUT2D eigenvalue weighted by atomic mass is 9.93. The molecule has 8 heteroatoms. The largest absolute Gasteiger partial charge is 0.468 e. The Balaban J connectivity index is 1.58. The molecule has 0 amide bonds. The lowest BCUT2D eigenvalue weighted by molar-refractivity contribution is -0.141. The third kappa shape index (κ3) is 5.07. The Labute approximate surface area is 186 Å². The summed E-state index contributed by atoms with van der Waals surface area (Å²) in [5.74, 6) is -0.588. The summed E-state index contributed by atoms with van der Waals surface area (Å²) in [5.41, 5.74) is 2.16. The SMILES string of the molecule is COC(=O)Cn1ccc(/C=C2\CN(C(C(=O)C3CC3)c3ccccc3F)CCC2S)n1. The summed E-state index contributed by atoms with van der Waals surface area (Å²) in [7, 11) is 1.34. The zero-order valence-corrected chi connectivity index (χ0v) is 18.3. The Morgan fingerprint density at radius 1 is 1.29 bits per heavy atom. The van der Waals surface area contributed by atoms with Gasteiger partial charge >= 0.3 is 5.97 Å². The molecular weight excluding hydrogens is 417 g/mol. The molecule has 2 aromatic rings. The number of rotatable bonds is 7. The van der Waals surface area contributed by atoms with Gasteiger partial charge in [0.15, 0.2) is 5.78 Å². The molecular formula is C23H26FN3O3S. The van der Waals surface area contributed by atoms with Crippen LogP contribution in [-0.2, 0) is 20.9 Å². The van der Waals surface area contributed by atoms with Gasteiger partial charge in [-0.2, -0.15) is 17.7 Å². The number of Topliss-reactive ketones (excluding diaryl/α,β-unsaturated/α-hetero) is 1. The van der Waals surface area contributed by atoms with Crippen molar-refractivity contribution in [1.82, 2.24) is 14.7 Å². The first-order valence-electron chi connectivity index (χ1n) is 10.5. The third-order valence-corrected chi connectivity index (χ3v) is 6.42. The lowest BCUT2D eigenvalue weighted by Gasteiger charge is -2.37. The Bertz CT molecular complexity index is 1000. The van der Waals surface area contributed by atoms with Crippen LogP contribution in [0.2, 0.25) is 0 Å². The van der Waals surface area contributed by atoms with E-state index in [0.717, 1.165) is 24.8 Å². The minimum absolute atomic E-state index is 0.0271. The second-order valence-electron chi connectivity index (χ2n) is 8.11. The highest BCUT2D eigenvalue weighted by Crippen LogP contribution is 2.39. The van der Waals surface area contributed by atoms with Crippen molar-refractivity contribution in [3.8, 4) is 0 Å². The van der Waals surface area contributed by atoms with Gasteiger partial charge in [-0.05, 0) is 43.0 Å². The number of carbonyl (C=O) groups excluding carboxylic acids is 2. The second kappa shape index (κ2) is 9.36. The van der Waals surface area contributed by atoms with Crippen molar-refractivity contribution in [1.29, 1.82) is 0 Å². The first kappa shape index (κ1) is 21.8. The van der Waals surface area contributed by atoms with Gasteiger partial charge in [-0.3, -0.25) is 19.2 Å². The van der Waals surface area contributed by atoms with Gasteiger partial charge in [0.2, 0.25) is 0 Å². The lowest BCUT2D eigenvalue weighted by Crippen LogP contribution is -2.42. The maximum absolute atomic E-state index is 14.6. The Hall–Kier alpha value is -2.45. The number of hydrogen-bond acceptors (Lipinski definition) is 6. The molecule has 6 nitrogen and oxygen atoms in total. The number of hydrogen-bond donors (Lipinski definition) is 1. The van der Waals surface area contributed by atoms with Crippen LogP contribution < -0.4 is 0 Å². The van der Waals surface area contributed by atoms with E-state index in [2.05, 4.69) is 14.7 Å². The van der Waals surface area contributed by atoms with Crippen LogP contribution in [0.25, 0.3) is 6.08 Å². The molecule has 1 saturated heterocycles. The molecule has 1 saturated carbocycles. The van der Waals surface area contributed by atoms with Gasteiger partial charge in [-0.1, -0.05) is 18.2 Å². The van der Waals surface area contributed by atoms with Crippen molar-refractivity contribution in [3.05, 3.63) is 59.2 Å². The number of benzene rings is 1. The summed E-state index contributed by atoms with van der Waals surface area (Å²) in [5, 5.41) is 4.43. The van der Waals surface area contributed by atoms with Crippen molar-refractivity contribution in [2.75, 3.05) is 20.2 Å². The fourth-order valence-electron chi connectivity index (χ4n) is 4.00. The Morgan fingerprint density at radius 2 is 2.06 bits per heavy atom. The third-order valence-electron chi connectivity index (χ3n) is 5.83. The number of methoxy groups -OCH3 is 1. The van der Waals surface area contributed by atoms with Crippen LogP contribution in [0.4, 0.5) is 4.39 Å². The number of carbonyl (C=O) groups is 2. The normalized spacial score (nSPS) is 21.8. The summed E-state index contributed by atoms with van der Waals surface area (Å²) >= 11 is 4.72. The van der Waals surface area contributed by atoms with E-state index in [-0.39, 0.29) is 35.3 Å². The van der Waals surface area contributed by atoms with Crippen LogP contribution in [-0.4, -0.2) is 51.9 Å². The van der Waals surface area contributed by atoms with Crippen molar-refractivity contribution < 1.29 is 18.7 Å². The average Bonchev–Trinajstić information content (AvgIpc) is 3.53. The van der Waals surface area contributed by atoms with Gasteiger partial charge < -0.3 is 4.74 Å². The molecule has 0 radical (unpaired) electrons. The molecule has 2 aliphatic rings. The topological polar surface area (TPSA) is 64.4 Å². The zero-order chi connectivity index (χ0) is 22.0. The monoisotopic (exact) mass is 443 g/mol. The highest BCUT2D eigenvalue weighted by molar-refractivity contribution is 7.81. The van der Waals surface area contributed by atoms with Crippen LogP contribution in [0.15, 0.2) is 42.1 Å². The van der Waals surface area contributed by atoms with Crippen LogP contribution in [0, 0.1) is 11.7 Å². The van der Waals surface area contributed by atoms with Crippen LogP contribution in [0.3, 0.4) is 0 Å². The maximum atomic E-state index is 14.6. The molecule has 2 fully saturated rings. The molecule has 2 unspecified atom stereocenters. The fraction of sp³-hybridized carbons (Fsp3) is 0.435. The van der Waals surface area contributed by atoms with Gasteiger partial charge in [0.05, 0.1) is 18.8 Å². The van der Waals surface area contributed by atoms with E-state index in [1.165, 1.54) is 17.9 Å². The number of aromatic nitrogens is 2. The molecule has 1 aliphatic heterocycles. The van der Waals surface area contributed by atoms with Crippen LogP contribution in [0.1, 0.15) is 36.6 Å². The van der Waals surface area contributed by atoms with E-state index in [1.54, 1.807) is 24.4 Å². The van der Waals surface area contributed by atoms with Gasteiger partial charge in [0.25, 0.3) is 0 Å². The Morgan fingerprint density at radius 3 is 2.77 bits per heavy atom. The summed E-state index contributed by atoms with van der Waals surface area (Å²) in [4.78, 5) is 26.6. The quantitative estimate of drug-likeness (QED) is 0.526. The molecule has 1 aromatic carbocycles. The molecule has 1 aliphatic carbocycles. The second-order valence-corrected chi connectivity index (χ2v) is 8.73. The molecule has 4 rings (SSSR count). The van der Waals surface area contributed by atoms with E-state index in [0.29, 0.717) is 24.3 Å². The van der Waals surface area contributed by atoms with Gasteiger partial charge in [-0.25, -0.2) is 4.39 Å². The summed E-state index contributed by atoms with van der Waals surface area (Å²) in [6.45, 7) is 1.22. The van der Waals surface area contributed by atoms with Gasteiger partial charge in [-0.15, -0.1) is 0 Å². The molecule has 0 N–H and O–H groups in total. The molecule has 0 spiro atoms. The van der Waals surface area contributed by atoms with E-state index in [9.17, 15) is 14.0 Å². The summed E-state index contributed by atoms with van der Waals surface area (Å²) in [6.07, 6.45) is 6.18. The van der Waals surface area contributed by atoms with E-state index in [1.807, 2.05) is 12.1 Å². The molecule has 2 atom stereocenters. The number of ether oxygens (including phenoxy) is 1. The van der Waals surface area contributed by atoms with E-state index < -0.39 is 6.04 Å². The fourth-order valence-corrected chi connectivity index (χ4v) is 4.27. The number of halogens is 1. The van der Waals surface area contributed by atoms with Crippen LogP contribution in [0.5, 0.6) is 0 Å². The first-order chi connectivity index (χ1) is 15.0. The van der Waals surface area contributed by atoms with Crippen molar-refractivity contribution in [3.63, 3.8) is 0 Å². The predicted octanol–water partition coefficient (Wildman–Crippen LogP) is 3.30. The van der Waals surface area contributed by atoms with Gasteiger partial charge in [0.1, 0.15) is 12.4 Å². The Kier molecular flexibility index (Phi) is 6.57. The average molecular weight is 444 g/mol. The van der Waals surface area contributed by atoms with Crippen LogP contribution >= 0.6 is 12.6 Å². The highest BCUT2D eigenvalue weighted by Gasteiger charge is 2.40. The summed E-state index contributed by atoms with van der Waals surface area (Å²) in [6, 6.07) is 7.78. The predicted molar refractivity (Wildman–Crippen MR) is 118 cm³/mol. The number of piperidine rings is 1. The number of ketones is 1. The van der Waals surface area contributed by atoms with Crippen molar-refractivity contribution in [2.45, 2.75) is 37.1 Å². The van der Waals surface area contributed by atoms with E-state index >= 15 is 0 Å². The number of thiol groups is 1. The number of esters is 1. The zero-order valence-electron chi connectivity index (χ0n) is 17.4. The molecule has 0 bridgehead atoms.